The smallest absolute Gasteiger partial charge is 0.162 e. The van der Waals surface area contributed by atoms with Crippen molar-refractivity contribution in [2.45, 2.75) is 6.92 Å². The molecule has 0 aromatic heterocycles. The van der Waals surface area contributed by atoms with Gasteiger partial charge in [-0.1, -0.05) is 11.6 Å². The average Bonchev–Trinajstić information content (AvgIpc) is 1.61. The molecule has 0 bridgehead atoms. The molecule has 0 aliphatic heterocycles. The number of hydrogen-bond acceptors (Lipinski definition) is 1. The van der Waals surface area contributed by atoms with Gasteiger partial charge < -0.3 is 4.74 Å². The van der Waals surface area contributed by atoms with E-state index in [1.807, 2.05) is 6.92 Å². The van der Waals surface area contributed by atoms with Crippen molar-refractivity contribution in [3.05, 3.63) is 12.3 Å². The first-order chi connectivity index (χ1) is 2.91. The lowest BCUT2D eigenvalue weighted by molar-refractivity contribution is 0.288. The Labute approximate surface area is 42.6 Å². The van der Waals surface area contributed by atoms with E-state index in [1.165, 1.54) is 0 Å². The van der Waals surface area contributed by atoms with Gasteiger partial charge in [0.2, 0.25) is 0 Å². The van der Waals surface area contributed by atoms with Crippen LogP contribution in [0.15, 0.2) is 6.08 Å². The maximum absolute atomic E-state index is 5.08. The Morgan fingerprint density at radius 1 is 2.00 bits per heavy atom. The summed E-state index contributed by atoms with van der Waals surface area (Å²) in [5.41, 5.74) is 0. The van der Waals surface area contributed by atoms with E-state index >= 15 is 0 Å². The number of alkyl halides is 1. The van der Waals surface area contributed by atoms with Gasteiger partial charge in [0, 0.05) is 0 Å². The molecule has 0 spiro atoms. The van der Waals surface area contributed by atoms with Crippen LogP contribution in [0.3, 0.4) is 0 Å². The largest absolute Gasteiger partial charge is 0.474 e. The van der Waals surface area contributed by atoms with Crippen LogP contribution in [0.5, 0.6) is 0 Å². The zero-order valence-corrected chi connectivity index (χ0v) is 4.33. The lowest BCUT2D eigenvalue weighted by atomic mass is 10.7. The highest BCUT2D eigenvalue weighted by Crippen LogP contribution is 1.76. The molecule has 1 radical (unpaired) electrons. The van der Waals surface area contributed by atoms with Crippen LogP contribution in [-0.4, -0.2) is 6.07 Å². The van der Waals surface area contributed by atoms with Gasteiger partial charge in [-0.25, -0.2) is 0 Å². The van der Waals surface area contributed by atoms with E-state index in [4.69, 9.17) is 11.6 Å². The Kier molecular flexibility index (Phi) is 4.69. The Balaban J connectivity index is 2.66. The lowest BCUT2D eigenvalue weighted by Crippen LogP contribution is -1.70. The molecular weight excluding hydrogens is 99.5 g/mol. The summed E-state index contributed by atoms with van der Waals surface area (Å²) in [6.45, 7) is 1.81. The quantitative estimate of drug-likeness (QED) is 0.382. The molecule has 0 fully saturated rings. The molecule has 0 atom stereocenters. The molecular formula is C4H6ClO. The van der Waals surface area contributed by atoms with Crippen molar-refractivity contribution in [1.82, 2.24) is 0 Å². The van der Waals surface area contributed by atoms with Crippen LogP contribution in [0.4, 0.5) is 0 Å². The van der Waals surface area contributed by atoms with Crippen molar-refractivity contribution >= 4 is 11.6 Å². The van der Waals surface area contributed by atoms with Crippen molar-refractivity contribution in [3.63, 3.8) is 0 Å². The first-order valence-electron chi connectivity index (χ1n) is 1.63. The predicted molar refractivity (Wildman–Crippen MR) is 25.3 cm³/mol. The molecule has 35 valence electrons. The van der Waals surface area contributed by atoms with Gasteiger partial charge in [-0.2, -0.15) is 0 Å². The highest BCUT2D eigenvalue weighted by atomic mass is 35.5. The molecule has 6 heavy (non-hydrogen) atoms. The maximum Gasteiger partial charge on any atom is 0.162 e. The number of ether oxygens (including phenoxy) is 1. The van der Waals surface area contributed by atoms with Crippen molar-refractivity contribution < 1.29 is 4.74 Å². The average molecular weight is 106 g/mol. The monoisotopic (exact) mass is 105 g/mol. The van der Waals surface area contributed by atoms with Crippen LogP contribution < -0.4 is 0 Å². The van der Waals surface area contributed by atoms with Crippen LogP contribution >= 0.6 is 11.6 Å². The second kappa shape index (κ2) is 4.83. The van der Waals surface area contributed by atoms with E-state index in [-0.39, 0.29) is 6.07 Å². The number of allylic oxidation sites excluding steroid dienone is 1. The van der Waals surface area contributed by atoms with Gasteiger partial charge in [0.25, 0.3) is 0 Å². The summed E-state index contributed by atoms with van der Waals surface area (Å²) in [6, 6.07) is 0.185. The summed E-state index contributed by atoms with van der Waals surface area (Å²) in [7, 11) is 0. The second-order valence-electron chi connectivity index (χ2n) is 0.660. The van der Waals surface area contributed by atoms with Gasteiger partial charge in [-0.15, -0.1) is 0 Å². The Bertz CT molecular complexity index is 42.8. The fourth-order valence-corrected chi connectivity index (χ4v) is 0.178. The Hall–Kier alpha value is -0.170. The standard InChI is InChI=1S/C4H6ClO/c1-2-3-6-4-5/h2H,4H2,1H3. The fraction of sp³-hybridized carbons (Fsp3) is 0.500. The molecule has 0 aliphatic carbocycles. The molecule has 0 aromatic rings. The zero-order valence-electron chi connectivity index (χ0n) is 3.57. The van der Waals surface area contributed by atoms with E-state index < -0.39 is 0 Å². The third kappa shape index (κ3) is 3.83. The van der Waals surface area contributed by atoms with Gasteiger partial charge in [-0.3, -0.25) is 0 Å². The highest BCUT2D eigenvalue weighted by molar-refractivity contribution is 6.17. The Morgan fingerprint density at radius 2 is 2.67 bits per heavy atom. The van der Waals surface area contributed by atoms with Gasteiger partial charge in [0.1, 0.15) is 0 Å². The molecule has 0 N–H and O–H groups in total. The SMILES string of the molecule is C/C=[C]/OCCl. The van der Waals surface area contributed by atoms with Crippen LogP contribution in [0, 0.1) is 6.26 Å². The summed E-state index contributed by atoms with van der Waals surface area (Å²) < 4.78 is 4.44. The summed E-state index contributed by atoms with van der Waals surface area (Å²) in [4.78, 5) is 0. The van der Waals surface area contributed by atoms with Gasteiger partial charge in [0.15, 0.2) is 12.3 Å². The number of halogens is 1. The van der Waals surface area contributed by atoms with Crippen molar-refractivity contribution in [2.75, 3.05) is 6.07 Å². The van der Waals surface area contributed by atoms with Gasteiger partial charge in [-0.05, 0) is 13.0 Å². The van der Waals surface area contributed by atoms with Crippen LogP contribution in [-0.2, 0) is 4.74 Å². The van der Waals surface area contributed by atoms with Crippen molar-refractivity contribution in [2.24, 2.45) is 0 Å². The molecule has 1 nitrogen and oxygen atoms in total. The topological polar surface area (TPSA) is 9.23 Å². The molecule has 2 heteroatoms. The molecule has 0 heterocycles. The van der Waals surface area contributed by atoms with E-state index in [2.05, 4.69) is 11.0 Å². The van der Waals surface area contributed by atoms with E-state index in [9.17, 15) is 0 Å². The summed E-state index contributed by atoms with van der Waals surface area (Å²) in [5, 5.41) is 0. The first-order valence-corrected chi connectivity index (χ1v) is 2.16. The van der Waals surface area contributed by atoms with E-state index in [0.29, 0.717) is 0 Å². The normalized spacial score (nSPS) is 9.67. The first kappa shape index (κ1) is 5.83. The predicted octanol–water partition coefficient (Wildman–Crippen LogP) is 1.54. The fourth-order valence-electron chi connectivity index (χ4n) is 0.115. The van der Waals surface area contributed by atoms with E-state index in [0.717, 1.165) is 0 Å². The minimum atomic E-state index is 0.185. The zero-order chi connectivity index (χ0) is 4.83. The molecule has 0 aliphatic rings. The summed E-state index contributed by atoms with van der Waals surface area (Å²) in [5.74, 6) is 0. The van der Waals surface area contributed by atoms with E-state index in [1.54, 1.807) is 6.08 Å². The maximum atomic E-state index is 5.08. The summed E-state index contributed by atoms with van der Waals surface area (Å²) >= 11 is 5.08. The molecule has 0 aromatic carbocycles. The summed E-state index contributed by atoms with van der Waals surface area (Å²) in [6.07, 6.45) is 4.10. The third-order valence-electron chi connectivity index (χ3n) is 0.256. The van der Waals surface area contributed by atoms with Crippen LogP contribution in [0.1, 0.15) is 6.92 Å². The molecule has 0 amide bonds. The minimum Gasteiger partial charge on any atom is -0.474 e. The second-order valence-corrected chi connectivity index (χ2v) is 0.878. The molecule has 0 unspecified atom stereocenters. The van der Waals surface area contributed by atoms with Gasteiger partial charge in [0.05, 0.1) is 0 Å². The lowest BCUT2D eigenvalue weighted by Gasteiger charge is -1.82. The Morgan fingerprint density at radius 3 is 2.83 bits per heavy atom. The minimum absolute atomic E-state index is 0.185. The molecule has 0 saturated heterocycles. The number of rotatable bonds is 2. The third-order valence-corrected chi connectivity index (χ3v) is 0.365. The van der Waals surface area contributed by atoms with Gasteiger partial charge >= 0.3 is 0 Å². The molecule has 0 saturated carbocycles. The van der Waals surface area contributed by atoms with Crippen LogP contribution in [0.2, 0.25) is 0 Å². The van der Waals surface area contributed by atoms with Crippen molar-refractivity contribution in [3.8, 4) is 0 Å². The number of hydrogen-bond donors (Lipinski definition) is 0. The highest BCUT2D eigenvalue weighted by Gasteiger charge is 1.64. The van der Waals surface area contributed by atoms with Crippen molar-refractivity contribution in [1.29, 1.82) is 0 Å². The van der Waals surface area contributed by atoms with Crippen LogP contribution in [0.25, 0.3) is 0 Å². The molecule has 0 rings (SSSR count).